The molecule has 0 aliphatic heterocycles. The third-order valence-electron chi connectivity index (χ3n) is 3.77. The summed E-state index contributed by atoms with van der Waals surface area (Å²) in [7, 11) is 0. The van der Waals surface area contributed by atoms with Gasteiger partial charge in [-0.1, -0.05) is 29.3 Å². The molecule has 2 N–H and O–H groups in total. The van der Waals surface area contributed by atoms with E-state index in [1.807, 2.05) is 0 Å². The summed E-state index contributed by atoms with van der Waals surface area (Å²) >= 11 is 12.4. The number of anilines is 1. The number of aromatic nitrogens is 2. The van der Waals surface area contributed by atoms with Gasteiger partial charge in [0.1, 0.15) is 5.82 Å². The van der Waals surface area contributed by atoms with Crippen LogP contribution in [-0.4, -0.2) is 28.8 Å². The topological polar surface area (TPSA) is 59.0 Å². The Kier molecular flexibility index (Phi) is 6.92. The summed E-state index contributed by atoms with van der Waals surface area (Å²) < 4.78 is 1.67. The molecule has 0 atom stereocenters. The summed E-state index contributed by atoms with van der Waals surface area (Å²) in [5.41, 5.74) is 0.780. The Morgan fingerprint density at radius 2 is 1.96 bits per heavy atom. The molecule has 1 aromatic heterocycles. The van der Waals surface area contributed by atoms with Gasteiger partial charge in [-0.25, -0.2) is 4.68 Å². The number of halogens is 3. The van der Waals surface area contributed by atoms with E-state index in [-0.39, 0.29) is 18.3 Å². The van der Waals surface area contributed by atoms with Gasteiger partial charge in [0.25, 0.3) is 0 Å². The van der Waals surface area contributed by atoms with Crippen molar-refractivity contribution in [1.29, 1.82) is 0 Å². The third-order valence-corrected chi connectivity index (χ3v) is 4.48. The van der Waals surface area contributed by atoms with Crippen molar-refractivity contribution in [2.75, 3.05) is 18.4 Å². The lowest BCUT2D eigenvalue weighted by Gasteiger charge is -2.11. The largest absolute Gasteiger partial charge is 0.310 e. The Labute approximate surface area is 157 Å². The van der Waals surface area contributed by atoms with Crippen molar-refractivity contribution < 1.29 is 4.79 Å². The zero-order valence-electron chi connectivity index (χ0n) is 13.0. The minimum atomic E-state index is -0.0855. The van der Waals surface area contributed by atoms with E-state index < -0.39 is 0 Å². The molecular weight excluding hydrogens is 371 g/mol. The Hall–Kier alpha value is -1.27. The van der Waals surface area contributed by atoms with Gasteiger partial charge in [0.15, 0.2) is 0 Å². The molecule has 1 saturated carbocycles. The smallest absolute Gasteiger partial charge is 0.239 e. The first-order valence-electron chi connectivity index (χ1n) is 7.59. The van der Waals surface area contributed by atoms with Crippen LogP contribution in [0.25, 0.3) is 0 Å². The molecule has 1 amide bonds. The molecule has 1 heterocycles. The van der Waals surface area contributed by atoms with Crippen molar-refractivity contribution in [2.45, 2.75) is 19.4 Å². The number of hydrogen-bond donors (Lipinski definition) is 2. The SMILES string of the molecule is Cl.O=C(CNCC1CC1)Nc1ccnn1Cc1c(Cl)cccc1Cl. The fraction of sp³-hybridized carbons (Fsp3) is 0.375. The van der Waals surface area contributed by atoms with Crippen LogP contribution in [0.3, 0.4) is 0 Å². The highest BCUT2D eigenvalue weighted by molar-refractivity contribution is 6.35. The number of rotatable bonds is 7. The van der Waals surface area contributed by atoms with Gasteiger partial charge in [-0.3, -0.25) is 4.79 Å². The number of hydrogen-bond acceptors (Lipinski definition) is 3. The van der Waals surface area contributed by atoms with Crippen molar-refractivity contribution in [3.8, 4) is 0 Å². The fourth-order valence-electron chi connectivity index (χ4n) is 2.30. The van der Waals surface area contributed by atoms with Crippen LogP contribution >= 0.6 is 35.6 Å². The molecule has 5 nitrogen and oxygen atoms in total. The predicted octanol–water partition coefficient (Wildman–Crippen LogP) is 3.60. The lowest BCUT2D eigenvalue weighted by Crippen LogP contribution is -2.30. The fourth-order valence-corrected chi connectivity index (χ4v) is 2.81. The van der Waals surface area contributed by atoms with Crippen LogP contribution in [0.15, 0.2) is 30.5 Å². The second kappa shape index (κ2) is 8.72. The number of nitrogens with one attached hydrogen (secondary N) is 2. The normalized spacial score (nSPS) is 13.4. The summed E-state index contributed by atoms with van der Waals surface area (Å²) in [5.74, 6) is 1.28. The van der Waals surface area contributed by atoms with E-state index >= 15 is 0 Å². The van der Waals surface area contributed by atoms with Crippen LogP contribution in [0.5, 0.6) is 0 Å². The maximum absolute atomic E-state index is 12.0. The molecule has 24 heavy (non-hydrogen) atoms. The Morgan fingerprint density at radius 3 is 2.62 bits per heavy atom. The molecule has 8 heteroatoms. The van der Waals surface area contributed by atoms with Gasteiger partial charge in [0.2, 0.25) is 5.91 Å². The first-order chi connectivity index (χ1) is 11.1. The third kappa shape index (κ3) is 5.11. The van der Waals surface area contributed by atoms with Crippen molar-refractivity contribution >= 4 is 47.3 Å². The minimum Gasteiger partial charge on any atom is -0.310 e. The standard InChI is InChI=1S/C16H18Cl2N4O.ClH/c17-13-2-1-3-14(18)12(13)10-22-15(6-7-20-22)21-16(23)9-19-8-11-4-5-11;/h1-3,6-7,11,19H,4-5,8-10H2,(H,21,23);1H. The zero-order chi connectivity index (χ0) is 16.2. The summed E-state index contributed by atoms with van der Waals surface area (Å²) in [6.45, 7) is 1.60. The van der Waals surface area contributed by atoms with Crippen molar-refractivity contribution in [3.63, 3.8) is 0 Å². The van der Waals surface area contributed by atoms with Gasteiger partial charge in [-0.2, -0.15) is 5.10 Å². The average molecular weight is 390 g/mol. The first-order valence-corrected chi connectivity index (χ1v) is 8.34. The maximum atomic E-state index is 12.0. The molecule has 0 spiro atoms. The second-order valence-corrected chi connectivity index (χ2v) is 6.51. The highest BCUT2D eigenvalue weighted by Crippen LogP contribution is 2.27. The van der Waals surface area contributed by atoms with Gasteiger partial charge in [-0.15, -0.1) is 12.4 Å². The summed E-state index contributed by atoms with van der Waals surface area (Å²) in [5, 5.41) is 11.4. The highest BCUT2D eigenvalue weighted by atomic mass is 35.5. The molecule has 1 aromatic carbocycles. The monoisotopic (exact) mass is 388 g/mol. The highest BCUT2D eigenvalue weighted by Gasteiger charge is 2.20. The maximum Gasteiger partial charge on any atom is 0.239 e. The van der Waals surface area contributed by atoms with E-state index in [0.29, 0.717) is 29.0 Å². The van der Waals surface area contributed by atoms with Crippen LogP contribution in [0.1, 0.15) is 18.4 Å². The van der Waals surface area contributed by atoms with Crippen LogP contribution in [0.2, 0.25) is 10.0 Å². The minimum absolute atomic E-state index is 0. The molecule has 0 bridgehead atoms. The van der Waals surface area contributed by atoms with Crippen molar-refractivity contribution in [3.05, 3.63) is 46.1 Å². The molecule has 2 aromatic rings. The molecule has 3 rings (SSSR count). The van der Waals surface area contributed by atoms with Gasteiger partial charge in [0.05, 0.1) is 19.3 Å². The van der Waals surface area contributed by atoms with E-state index in [1.54, 1.807) is 35.1 Å². The van der Waals surface area contributed by atoms with Crippen molar-refractivity contribution in [1.82, 2.24) is 15.1 Å². The molecular formula is C16H19Cl3N4O. The molecule has 1 fully saturated rings. The number of benzene rings is 1. The lowest BCUT2D eigenvalue weighted by molar-refractivity contribution is -0.115. The lowest BCUT2D eigenvalue weighted by atomic mass is 10.2. The van der Waals surface area contributed by atoms with Crippen LogP contribution in [0, 0.1) is 5.92 Å². The average Bonchev–Trinajstić information content (AvgIpc) is 3.23. The molecule has 0 radical (unpaired) electrons. The molecule has 0 saturated heterocycles. The zero-order valence-corrected chi connectivity index (χ0v) is 15.3. The summed E-state index contributed by atoms with van der Waals surface area (Å²) in [6, 6.07) is 7.12. The van der Waals surface area contributed by atoms with Gasteiger partial charge < -0.3 is 10.6 Å². The van der Waals surface area contributed by atoms with Gasteiger partial charge in [-0.05, 0) is 37.4 Å². The summed E-state index contributed by atoms with van der Waals surface area (Å²) in [6.07, 6.45) is 4.16. The summed E-state index contributed by atoms with van der Waals surface area (Å²) in [4.78, 5) is 12.0. The van der Waals surface area contributed by atoms with Crippen molar-refractivity contribution in [2.24, 2.45) is 5.92 Å². The number of nitrogens with zero attached hydrogens (tertiary/aromatic N) is 2. The molecule has 1 aliphatic carbocycles. The number of amides is 1. The van der Waals surface area contributed by atoms with Crippen LogP contribution < -0.4 is 10.6 Å². The van der Waals surface area contributed by atoms with Gasteiger partial charge >= 0.3 is 0 Å². The van der Waals surface area contributed by atoms with E-state index in [4.69, 9.17) is 23.2 Å². The molecule has 0 unspecified atom stereocenters. The van der Waals surface area contributed by atoms with Gasteiger partial charge in [0, 0.05) is 21.7 Å². The Balaban J connectivity index is 0.00000208. The van der Waals surface area contributed by atoms with E-state index in [2.05, 4.69) is 15.7 Å². The van der Waals surface area contributed by atoms with Crippen LogP contribution in [0.4, 0.5) is 5.82 Å². The molecule has 130 valence electrons. The van der Waals surface area contributed by atoms with E-state index in [1.165, 1.54) is 12.8 Å². The van der Waals surface area contributed by atoms with E-state index in [9.17, 15) is 4.79 Å². The van der Waals surface area contributed by atoms with E-state index in [0.717, 1.165) is 18.0 Å². The Bertz CT molecular complexity index is 680. The number of carbonyl (C=O) groups is 1. The quantitative estimate of drug-likeness (QED) is 0.760. The van der Waals surface area contributed by atoms with Crippen LogP contribution in [-0.2, 0) is 11.3 Å². The molecule has 1 aliphatic rings. The Morgan fingerprint density at radius 1 is 1.25 bits per heavy atom. The predicted molar refractivity (Wildman–Crippen MR) is 99.3 cm³/mol. The second-order valence-electron chi connectivity index (χ2n) is 5.70. The number of carbonyl (C=O) groups excluding carboxylic acids is 1. The first kappa shape index (κ1) is 19.1.